The molecule has 128 valence electrons. The zero-order valence-electron chi connectivity index (χ0n) is 14.7. The first-order valence-corrected chi connectivity index (χ1v) is 8.70. The van der Waals surface area contributed by atoms with Gasteiger partial charge in [-0.05, 0) is 38.8 Å². The lowest BCUT2D eigenvalue weighted by molar-refractivity contribution is -0.136. The molecule has 2 rings (SSSR count). The van der Waals surface area contributed by atoms with Crippen LogP contribution in [0.1, 0.15) is 30.9 Å². The fourth-order valence-corrected chi connectivity index (χ4v) is 3.05. The minimum Gasteiger partial charge on any atom is -0.376 e. The van der Waals surface area contributed by atoms with Crippen LogP contribution in [-0.2, 0) is 16.0 Å². The molecule has 1 aromatic carbocycles. The van der Waals surface area contributed by atoms with Gasteiger partial charge in [0.2, 0.25) is 5.91 Å². The van der Waals surface area contributed by atoms with Gasteiger partial charge in [-0.3, -0.25) is 4.79 Å². The van der Waals surface area contributed by atoms with E-state index in [1.807, 2.05) is 18.9 Å². The van der Waals surface area contributed by atoms with E-state index in [-0.39, 0.29) is 17.9 Å². The summed E-state index contributed by atoms with van der Waals surface area (Å²) >= 11 is 0. The van der Waals surface area contributed by atoms with E-state index in [1.54, 1.807) is 0 Å². The number of nitrogens with one attached hydrogen (secondary N) is 1. The van der Waals surface area contributed by atoms with Crippen molar-refractivity contribution in [2.24, 2.45) is 5.92 Å². The van der Waals surface area contributed by atoms with Crippen molar-refractivity contribution in [2.75, 3.05) is 33.3 Å². The number of aryl methyl sites for hydroxylation is 1. The Hall–Kier alpha value is -1.39. The fraction of sp³-hybridized carbons (Fsp3) is 0.632. The van der Waals surface area contributed by atoms with Crippen molar-refractivity contribution in [1.29, 1.82) is 0 Å². The lowest BCUT2D eigenvalue weighted by Gasteiger charge is -2.28. The van der Waals surface area contributed by atoms with E-state index in [4.69, 9.17) is 4.74 Å². The van der Waals surface area contributed by atoms with Crippen molar-refractivity contribution in [1.82, 2.24) is 10.2 Å². The molecule has 1 amide bonds. The first-order valence-electron chi connectivity index (χ1n) is 8.70. The first-order chi connectivity index (χ1) is 11.1. The maximum Gasteiger partial charge on any atom is 0.226 e. The molecule has 0 radical (unpaired) electrons. The highest BCUT2D eigenvalue weighted by Gasteiger charge is 2.25. The molecular formula is C19H30N2O2. The van der Waals surface area contributed by atoms with Crippen molar-refractivity contribution in [3.63, 3.8) is 0 Å². The molecule has 0 bridgehead atoms. The standard InChI is InChI=1S/C19H30N2O2/c1-15-6-8-17(9-7-15)10-11-21(14-18-5-4-12-23-18)19(22)16(2)13-20-3/h6-9,16,18,20H,4-5,10-14H2,1-3H3. The van der Waals surface area contributed by atoms with Crippen LogP contribution in [0, 0.1) is 12.8 Å². The Morgan fingerprint density at radius 2 is 2.13 bits per heavy atom. The predicted octanol–water partition coefficient (Wildman–Crippen LogP) is 2.40. The van der Waals surface area contributed by atoms with E-state index >= 15 is 0 Å². The van der Waals surface area contributed by atoms with Gasteiger partial charge in [-0.2, -0.15) is 0 Å². The van der Waals surface area contributed by atoms with E-state index in [0.717, 1.165) is 39.0 Å². The summed E-state index contributed by atoms with van der Waals surface area (Å²) in [6.45, 7) is 7.11. The molecule has 23 heavy (non-hydrogen) atoms. The summed E-state index contributed by atoms with van der Waals surface area (Å²) in [6, 6.07) is 8.57. The summed E-state index contributed by atoms with van der Waals surface area (Å²) in [5, 5.41) is 3.10. The Labute approximate surface area is 140 Å². The van der Waals surface area contributed by atoms with Gasteiger partial charge in [0.15, 0.2) is 0 Å². The second-order valence-corrected chi connectivity index (χ2v) is 6.61. The number of hydrogen-bond donors (Lipinski definition) is 1. The van der Waals surface area contributed by atoms with Gasteiger partial charge in [-0.15, -0.1) is 0 Å². The Balaban J connectivity index is 1.96. The maximum absolute atomic E-state index is 12.7. The summed E-state index contributed by atoms with van der Waals surface area (Å²) in [4.78, 5) is 14.7. The number of ether oxygens (including phenoxy) is 1. The van der Waals surface area contributed by atoms with E-state index in [1.165, 1.54) is 11.1 Å². The van der Waals surface area contributed by atoms with Crippen LogP contribution in [0.3, 0.4) is 0 Å². The third-order valence-electron chi connectivity index (χ3n) is 4.48. The van der Waals surface area contributed by atoms with E-state index in [2.05, 4.69) is 36.5 Å². The Bertz CT molecular complexity index is 481. The number of amides is 1. The summed E-state index contributed by atoms with van der Waals surface area (Å²) in [5.41, 5.74) is 2.55. The normalized spacial score (nSPS) is 18.8. The number of benzene rings is 1. The SMILES string of the molecule is CNCC(C)C(=O)N(CCc1ccc(C)cc1)CC1CCCO1. The molecule has 1 aliphatic rings. The van der Waals surface area contributed by atoms with Crippen molar-refractivity contribution in [2.45, 2.75) is 39.2 Å². The Kier molecular flexibility index (Phi) is 7.06. The third-order valence-corrected chi connectivity index (χ3v) is 4.48. The van der Waals surface area contributed by atoms with Crippen molar-refractivity contribution < 1.29 is 9.53 Å². The highest BCUT2D eigenvalue weighted by molar-refractivity contribution is 5.78. The van der Waals surface area contributed by atoms with Gasteiger partial charge in [0.25, 0.3) is 0 Å². The van der Waals surface area contributed by atoms with Gasteiger partial charge in [0.05, 0.1) is 6.10 Å². The largest absolute Gasteiger partial charge is 0.376 e. The van der Waals surface area contributed by atoms with Crippen LogP contribution in [0.4, 0.5) is 0 Å². The maximum atomic E-state index is 12.7. The van der Waals surface area contributed by atoms with E-state index in [0.29, 0.717) is 6.54 Å². The number of nitrogens with zero attached hydrogens (tertiary/aromatic N) is 1. The number of carbonyl (C=O) groups is 1. The van der Waals surface area contributed by atoms with Gasteiger partial charge in [0.1, 0.15) is 0 Å². The van der Waals surface area contributed by atoms with Crippen molar-refractivity contribution in [3.8, 4) is 0 Å². The highest BCUT2D eigenvalue weighted by atomic mass is 16.5. The lowest BCUT2D eigenvalue weighted by atomic mass is 10.1. The molecule has 0 aliphatic carbocycles. The van der Waals surface area contributed by atoms with Gasteiger partial charge in [-0.1, -0.05) is 36.8 Å². The van der Waals surface area contributed by atoms with Gasteiger partial charge >= 0.3 is 0 Å². The third kappa shape index (κ3) is 5.63. The van der Waals surface area contributed by atoms with Crippen LogP contribution >= 0.6 is 0 Å². The molecule has 4 heteroatoms. The molecule has 4 nitrogen and oxygen atoms in total. The average Bonchev–Trinajstić information content (AvgIpc) is 3.05. The van der Waals surface area contributed by atoms with Gasteiger partial charge < -0.3 is 15.0 Å². The lowest BCUT2D eigenvalue weighted by Crippen LogP contribution is -2.43. The number of rotatable bonds is 8. The van der Waals surface area contributed by atoms with Crippen LogP contribution in [0.5, 0.6) is 0 Å². The minimum atomic E-state index is -0.000536. The quantitative estimate of drug-likeness (QED) is 0.800. The fourth-order valence-electron chi connectivity index (χ4n) is 3.05. The molecule has 0 saturated carbocycles. The average molecular weight is 318 g/mol. The molecule has 0 spiro atoms. The highest BCUT2D eigenvalue weighted by Crippen LogP contribution is 2.15. The zero-order chi connectivity index (χ0) is 16.7. The van der Waals surface area contributed by atoms with Gasteiger partial charge in [-0.25, -0.2) is 0 Å². The molecule has 1 aromatic rings. The molecule has 1 N–H and O–H groups in total. The molecular weight excluding hydrogens is 288 g/mol. The van der Waals surface area contributed by atoms with Crippen LogP contribution in [0.2, 0.25) is 0 Å². The Morgan fingerprint density at radius 1 is 1.39 bits per heavy atom. The molecule has 0 aromatic heterocycles. The monoisotopic (exact) mass is 318 g/mol. The summed E-state index contributed by atoms with van der Waals surface area (Å²) < 4.78 is 5.73. The molecule has 1 aliphatic heterocycles. The Morgan fingerprint density at radius 3 is 2.74 bits per heavy atom. The molecule has 1 heterocycles. The smallest absolute Gasteiger partial charge is 0.226 e. The summed E-state index contributed by atoms with van der Waals surface area (Å²) in [5.74, 6) is 0.224. The molecule has 2 unspecified atom stereocenters. The topological polar surface area (TPSA) is 41.6 Å². The molecule has 1 fully saturated rings. The van der Waals surface area contributed by atoms with E-state index in [9.17, 15) is 4.79 Å². The van der Waals surface area contributed by atoms with Crippen LogP contribution in [0.15, 0.2) is 24.3 Å². The van der Waals surface area contributed by atoms with Crippen LogP contribution in [-0.4, -0.2) is 50.2 Å². The zero-order valence-corrected chi connectivity index (χ0v) is 14.7. The predicted molar refractivity (Wildman–Crippen MR) is 93.5 cm³/mol. The van der Waals surface area contributed by atoms with E-state index < -0.39 is 0 Å². The number of carbonyl (C=O) groups excluding carboxylic acids is 1. The van der Waals surface area contributed by atoms with Crippen LogP contribution in [0.25, 0.3) is 0 Å². The number of hydrogen-bond acceptors (Lipinski definition) is 3. The second kappa shape index (κ2) is 9.04. The van der Waals surface area contributed by atoms with Crippen molar-refractivity contribution >= 4 is 5.91 Å². The minimum absolute atomic E-state index is 0.000536. The van der Waals surface area contributed by atoms with Crippen molar-refractivity contribution in [3.05, 3.63) is 35.4 Å². The van der Waals surface area contributed by atoms with Gasteiger partial charge in [0, 0.05) is 32.2 Å². The summed E-state index contributed by atoms with van der Waals surface area (Å²) in [7, 11) is 1.89. The van der Waals surface area contributed by atoms with Crippen LogP contribution < -0.4 is 5.32 Å². The second-order valence-electron chi connectivity index (χ2n) is 6.61. The molecule has 2 atom stereocenters. The molecule has 1 saturated heterocycles. The summed E-state index contributed by atoms with van der Waals surface area (Å²) in [6.07, 6.45) is 3.27. The first kappa shape index (κ1) is 18.0.